The summed E-state index contributed by atoms with van der Waals surface area (Å²) >= 11 is 3.35. The molecule has 0 aliphatic carbocycles. The van der Waals surface area contributed by atoms with Crippen LogP contribution in [-0.4, -0.2) is 24.9 Å². The number of hydrogen-bond acceptors (Lipinski definition) is 4. The van der Waals surface area contributed by atoms with E-state index in [4.69, 9.17) is 15.2 Å². The molecule has 5 heteroatoms. The maximum atomic E-state index is 9.91. The fraction of sp³-hybridized carbons (Fsp3) is 0.571. The Kier molecular flexibility index (Phi) is 5.07. The van der Waals surface area contributed by atoms with Crippen LogP contribution in [0.3, 0.4) is 0 Å². The highest BCUT2D eigenvalue weighted by Crippen LogP contribution is 2.39. The van der Waals surface area contributed by atoms with Crippen molar-refractivity contribution in [1.29, 1.82) is 0 Å². The van der Waals surface area contributed by atoms with E-state index in [1.165, 1.54) is 0 Å². The van der Waals surface area contributed by atoms with E-state index < -0.39 is 0 Å². The number of hydrogen-bond donors (Lipinski definition) is 2. The molecule has 1 heterocycles. The molecular weight excluding hydrogens is 310 g/mol. The lowest BCUT2D eigenvalue weighted by Gasteiger charge is -2.28. The Bertz CT molecular complexity index is 433. The van der Waals surface area contributed by atoms with Crippen LogP contribution in [0.5, 0.6) is 11.5 Å². The second-order valence-electron chi connectivity index (χ2n) is 4.76. The zero-order valence-corrected chi connectivity index (χ0v) is 12.6. The molecule has 0 bridgehead atoms. The van der Waals surface area contributed by atoms with Crippen LogP contribution in [-0.2, 0) is 4.74 Å². The van der Waals surface area contributed by atoms with E-state index in [2.05, 4.69) is 15.9 Å². The van der Waals surface area contributed by atoms with E-state index in [0.717, 1.165) is 31.6 Å². The van der Waals surface area contributed by atoms with Crippen molar-refractivity contribution in [2.45, 2.75) is 25.8 Å². The topological polar surface area (TPSA) is 64.7 Å². The Hall–Kier alpha value is -0.780. The van der Waals surface area contributed by atoms with Gasteiger partial charge in [-0.1, -0.05) is 0 Å². The average molecular weight is 330 g/mol. The number of phenolic OH excluding ortho intramolecular Hbond substituents is 1. The van der Waals surface area contributed by atoms with E-state index >= 15 is 0 Å². The van der Waals surface area contributed by atoms with Gasteiger partial charge in [0.15, 0.2) is 11.5 Å². The van der Waals surface area contributed by atoms with Crippen molar-refractivity contribution in [3.8, 4) is 11.5 Å². The Morgan fingerprint density at radius 1 is 1.47 bits per heavy atom. The average Bonchev–Trinajstić information content (AvgIpc) is 2.44. The zero-order chi connectivity index (χ0) is 13.8. The molecule has 0 amide bonds. The summed E-state index contributed by atoms with van der Waals surface area (Å²) in [5.74, 6) is 1.03. The van der Waals surface area contributed by atoms with Gasteiger partial charge in [0.25, 0.3) is 0 Å². The summed E-state index contributed by atoms with van der Waals surface area (Å²) in [6.07, 6.45) is 1.95. The Morgan fingerprint density at radius 3 is 2.79 bits per heavy atom. The fourth-order valence-corrected chi connectivity index (χ4v) is 2.86. The quantitative estimate of drug-likeness (QED) is 0.891. The minimum atomic E-state index is -0.0555. The van der Waals surface area contributed by atoms with Gasteiger partial charge in [0.1, 0.15) is 0 Å². The van der Waals surface area contributed by atoms with Crippen molar-refractivity contribution in [1.82, 2.24) is 0 Å². The van der Waals surface area contributed by atoms with Crippen LogP contribution in [0.1, 0.15) is 31.4 Å². The number of benzene rings is 1. The molecule has 1 atom stereocenters. The first kappa shape index (κ1) is 14.6. The Balaban J connectivity index is 2.23. The van der Waals surface area contributed by atoms with E-state index in [9.17, 15) is 5.11 Å². The van der Waals surface area contributed by atoms with Crippen LogP contribution in [0, 0.1) is 5.92 Å². The number of aromatic hydroxyl groups is 1. The molecule has 2 rings (SSSR count). The molecule has 1 aromatic carbocycles. The molecule has 106 valence electrons. The molecule has 1 aromatic rings. The summed E-state index contributed by atoms with van der Waals surface area (Å²) in [5.41, 5.74) is 7.33. The largest absolute Gasteiger partial charge is 0.503 e. The van der Waals surface area contributed by atoms with Gasteiger partial charge in [0, 0.05) is 19.3 Å². The number of phenols is 1. The fourth-order valence-electron chi connectivity index (χ4n) is 2.40. The molecule has 0 saturated carbocycles. The molecule has 1 aliphatic heterocycles. The Morgan fingerprint density at radius 2 is 2.16 bits per heavy atom. The van der Waals surface area contributed by atoms with Gasteiger partial charge in [0.05, 0.1) is 11.1 Å². The summed E-state index contributed by atoms with van der Waals surface area (Å²) in [4.78, 5) is 0. The first-order valence-electron chi connectivity index (χ1n) is 6.62. The molecule has 0 aromatic heterocycles. The van der Waals surface area contributed by atoms with Gasteiger partial charge in [-0.15, -0.1) is 0 Å². The normalized spacial score (nSPS) is 18.3. The number of ether oxygens (including phenoxy) is 2. The van der Waals surface area contributed by atoms with Gasteiger partial charge in [0.2, 0.25) is 0 Å². The molecule has 1 aliphatic rings. The summed E-state index contributed by atoms with van der Waals surface area (Å²) in [5, 5.41) is 9.91. The lowest BCUT2D eigenvalue weighted by atomic mass is 9.87. The molecular formula is C14H20BrNO3. The number of halogens is 1. The van der Waals surface area contributed by atoms with Gasteiger partial charge in [-0.25, -0.2) is 0 Å². The van der Waals surface area contributed by atoms with Gasteiger partial charge in [-0.05, 0) is 59.3 Å². The first-order valence-corrected chi connectivity index (χ1v) is 7.41. The standard InChI is InChI=1S/C14H20BrNO3/c1-2-19-12-8-10(7-11(15)14(12)17)13(16)9-3-5-18-6-4-9/h7-9,13,17H,2-6,16H2,1H3/t13-/m1/s1. The van der Waals surface area contributed by atoms with Crippen LogP contribution < -0.4 is 10.5 Å². The van der Waals surface area contributed by atoms with E-state index in [0.29, 0.717) is 22.7 Å². The lowest BCUT2D eigenvalue weighted by Crippen LogP contribution is -2.27. The monoisotopic (exact) mass is 329 g/mol. The van der Waals surface area contributed by atoms with Crippen molar-refractivity contribution in [2.24, 2.45) is 11.7 Å². The second kappa shape index (κ2) is 6.59. The van der Waals surface area contributed by atoms with Crippen molar-refractivity contribution in [2.75, 3.05) is 19.8 Å². The van der Waals surface area contributed by atoms with Crippen LogP contribution in [0.15, 0.2) is 16.6 Å². The number of rotatable bonds is 4. The molecule has 4 nitrogen and oxygen atoms in total. The second-order valence-corrected chi connectivity index (χ2v) is 5.61. The third-order valence-corrected chi connectivity index (χ3v) is 4.11. The lowest BCUT2D eigenvalue weighted by molar-refractivity contribution is 0.0583. The summed E-state index contributed by atoms with van der Waals surface area (Å²) in [6.45, 7) is 3.94. The number of nitrogens with two attached hydrogens (primary N) is 1. The summed E-state index contributed by atoms with van der Waals surface area (Å²) < 4.78 is 11.4. The Labute approximate surface area is 122 Å². The minimum absolute atomic E-state index is 0.0555. The maximum Gasteiger partial charge on any atom is 0.172 e. The van der Waals surface area contributed by atoms with Gasteiger partial charge in [-0.2, -0.15) is 0 Å². The third-order valence-electron chi connectivity index (χ3n) is 3.51. The molecule has 19 heavy (non-hydrogen) atoms. The highest BCUT2D eigenvalue weighted by Gasteiger charge is 2.24. The smallest absolute Gasteiger partial charge is 0.172 e. The van der Waals surface area contributed by atoms with Crippen LogP contribution >= 0.6 is 15.9 Å². The van der Waals surface area contributed by atoms with E-state index in [-0.39, 0.29) is 11.8 Å². The van der Waals surface area contributed by atoms with Gasteiger partial charge >= 0.3 is 0 Å². The van der Waals surface area contributed by atoms with Crippen molar-refractivity contribution >= 4 is 15.9 Å². The van der Waals surface area contributed by atoms with Gasteiger partial charge in [-0.3, -0.25) is 0 Å². The molecule has 0 unspecified atom stereocenters. The van der Waals surface area contributed by atoms with E-state index in [1.807, 2.05) is 19.1 Å². The predicted octanol–water partition coefficient (Wildman–Crippen LogP) is 2.98. The van der Waals surface area contributed by atoms with Crippen molar-refractivity contribution in [3.05, 3.63) is 22.2 Å². The van der Waals surface area contributed by atoms with Crippen LogP contribution in [0.2, 0.25) is 0 Å². The SMILES string of the molecule is CCOc1cc([C@H](N)C2CCOCC2)cc(Br)c1O. The molecule has 3 N–H and O–H groups in total. The van der Waals surface area contributed by atoms with E-state index in [1.54, 1.807) is 0 Å². The third kappa shape index (κ3) is 3.41. The summed E-state index contributed by atoms with van der Waals surface area (Å²) in [7, 11) is 0. The highest BCUT2D eigenvalue weighted by molar-refractivity contribution is 9.10. The predicted molar refractivity (Wildman–Crippen MR) is 77.4 cm³/mol. The van der Waals surface area contributed by atoms with Crippen LogP contribution in [0.4, 0.5) is 0 Å². The zero-order valence-electron chi connectivity index (χ0n) is 11.1. The van der Waals surface area contributed by atoms with Gasteiger partial charge < -0.3 is 20.3 Å². The van der Waals surface area contributed by atoms with Crippen molar-refractivity contribution < 1.29 is 14.6 Å². The minimum Gasteiger partial charge on any atom is -0.503 e. The van der Waals surface area contributed by atoms with Crippen molar-refractivity contribution in [3.63, 3.8) is 0 Å². The molecule has 1 saturated heterocycles. The summed E-state index contributed by atoms with van der Waals surface area (Å²) in [6, 6.07) is 3.65. The highest BCUT2D eigenvalue weighted by atomic mass is 79.9. The van der Waals surface area contributed by atoms with Crippen LogP contribution in [0.25, 0.3) is 0 Å². The first-order chi connectivity index (χ1) is 9.13. The molecule has 0 spiro atoms. The maximum absolute atomic E-state index is 9.91. The molecule has 0 radical (unpaired) electrons. The molecule has 1 fully saturated rings.